The Kier molecular flexibility index (Phi) is 5.79. The van der Waals surface area contributed by atoms with Gasteiger partial charge >= 0.3 is 5.97 Å². The Morgan fingerprint density at radius 3 is 1.84 bits per heavy atom. The molecule has 0 aromatic carbocycles. The Hall–Kier alpha value is -1.59. The van der Waals surface area contributed by atoms with Crippen molar-refractivity contribution >= 4 is 17.8 Å². The van der Waals surface area contributed by atoms with E-state index in [9.17, 15) is 14.4 Å². The summed E-state index contributed by atoms with van der Waals surface area (Å²) in [6, 6.07) is 0. The fourth-order valence-electron chi connectivity index (χ4n) is 2.06. The third-order valence-corrected chi connectivity index (χ3v) is 3.12. The van der Waals surface area contributed by atoms with E-state index in [1.54, 1.807) is 9.80 Å². The standard InChI is InChI=1S/C13H22N2O4/c1-10(2)9-12(17)15-7-5-14(6-8-15)11(16)3-4-13(18)19/h10H,3-9H2,1-2H3,(H,18,19). The summed E-state index contributed by atoms with van der Waals surface area (Å²) >= 11 is 0. The third-order valence-electron chi connectivity index (χ3n) is 3.12. The number of rotatable bonds is 5. The Morgan fingerprint density at radius 1 is 0.947 bits per heavy atom. The van der Waals surface area contributed by atoms with Gasteiger partial charge in [-0.2, -0.15) is 0 Å². The second kappa shape index (κ2) is 7.11. The lowest BCUT2D eigenvalue weighted by atomic mass is 10.1. The van der Waals surface area contributed by atoms with E-state index in [1.165, 1.54) is 0 Å². The van der Waals surface area contributed by atoms with Gasteiger partial charge in [0.2, 0.25) is 11.8 Å². The first-order valence-corrected chi connectivity index (χ1v) is 6.67. The van der Waals surface area contributed by atoms with Crippen LogP contribution in [0, 0.1) is 5.92 Å². The number of piperazine rings is 1. The zero-order valence-corrected chi connectivity index (χ0v) is 11.6. The smallest absolute Gasteiger partial charge is 0.303 e. The van der Waals surface area contributed by atoms with Crippen molar-refractivity contribution in [2.24, 2.45) is 5.92 Å². The molecule has 0 saturated carbocycles. The van der Waals surface area contributed by atoms with E-state index >= 15 is 0 Å². The van der Waals surface area contributed by atoms with Gasteiger partial charge < -0.3 is 14.9 Å². The van der Waals surface area contributed by atoms with Crippen LogP contribution in [0.4, 0.5) is 0 Å². The molecule has 108 valence electrons. The van der Waals surface area contributed by atoms with Crippen molar-refractivity contribution in [1.29, 1.82) is 0 Å². The van der Waals surface area contributed by atoms with Gasteiger partial charge in [0, 0.05) is 39.0 Å². The largest absolute Gasteiger partial charge is 0.481 e. The van der Waals surface area contributed by atoms with Gasteiger partial charge in [-0.1, -0.05) is 13.8 Å². The lowest BCUT2D eigenvalue weighted by molar-refractivity contribution is -0.143. The highest BCUT2D eigenvalue weighted by Gasteiger charge is 2.24. The Balaban J connectivity index is 2.34. The van der Waals surface area contributed by atoms with Gasteiger partial charge in [0.15, 0.2) is 0 Å². The first-order chi connectivity index (χ1) is 8.90. The molecule has 6 nitrogen and oxygen atoms in total. The highest BCUT2D eigenvalue weighted by Crippen LogP contribution is 2.09. The lowest BCUT2D eigenvalue weighted by Crippen LogP contribution is -2.50. The lowest BCUT2D eigenvalue weighted by Gasteiger charge is -2.35. The highest BCUT2D eigenvalue weighted by molar-refractivity contribution is 5.81. The van der Waals surface area contributed by atoms with Crippen molar-refractivity contribution in [1.82, 2.24) is 9.80 Å². The second-order valence-electron chi connectivity index (χ2n) is 5.25. The summed E-state index contributed by atoms with van der Waals surface area (Å²) in [5.74, 6) is -0.632. The monoisotopic (exact) mass is 270 g/mol. The van der Waals surface area contributed by atoms with Gasteiger partial charge in [0.1, 0.15) is 0 Å². The van der Waals surface area contributed by atoms with Crippen molar-refractivity contribution < 1.29 is 19.5 Å². The van der Waals surface area contributed by atoms with Crippen molar-refractivity contribution in [3.05, 3.63) is 0 Å². The molecule has 0 unspecified atom stereocenters. The summed E-state index contributed by atoms with van der Waals surface area (Å²) in [4.78, 5) is 37.4. The number of carbonyl (C=O) groups excluding carboxylic acids is 2. The van der Waals surface area contributed by atoms with Crippen molar-refractivity contribution in [2.75, 3.05) is 26.2 Å². The number of hydrogen-bond acceptors (Lipinski definition) is 3. The SMILES string of the molecule is CC(C)CC(=O)N1CCN(C(=O)CCC(=O)O)CC1. The molecule has 0 radical (unpaired) electrons. The number of carbonyl (C=O) groups is 3. The summed E-state index contributed by atoms with van der Waals surface area (Å²) in [5.41, 5.74) is 0. The van der Waals surface area contributed by atoms with Crippen LogP contribution in [-0.2, 0) is 14.4 Å². The van der Waals surface area contributed by atoms with E-state index in [0.29, 0.717) is 38.5 Å². The minimum atomic E-state index is -0.959. The molecule has 6 heteroatoms. The molecule has 0 aromatic heterocycles. The molecule has 2 amide bonds. The van der Waals surface area contributed by atoms with Crippen LogP contribution >= 0.6 is 0 Å². The Labute approximate surface area is 113 Å². The number of carboxylic acids is 1. The summed E-state index contributed by atoms with van der Waals surface area (Å²) in [7, 11) is 0. The maximum atomic E-state index is 11.8. The summed E-state index contributed by atoms with van der Waals surface area (Å²) < 4.78 is 0. The van der Waals surface area contributed by atoms with Gasteiger partial charge in [0.05, 0.1) is 6.42 Å². The first-order valence-electron chi connectivity index (χ1n) is 6.67. The van der Waals surface area contributed by atoms with Crippen LogP contribution in [0.3, 0.4) is 0 Å². The molecular weight excluding hydrogens is 248 g/mol. The number of carboxylic acid groups (broad SMARTS) is 1. The Morgan fingerprint density at radius 2 is 1.42 bits per heavy atom. The highest BCUT2D eigenvalue weighted by atomic mass is 16.4. The fourth-order valence-corrected chi connectivity index (χ4v) is 2.06. The zero-order valence-electron chi connectivity index (χ0n) is 11.6. The number of amides is 2. The van der Waals surface area contributed by atoms with Crippen LogP contribution in [0.5, 0.6) is 0 Å². The molecule has 0 aliphatic carbocycles. The minimum Gasteiger partial charge on any atom is -0.481 e. The quantitative estimate of drug-likeness (QED) is 0.792. The third kappa shape index (κ3) is 5.28. The van der Waals surface area contributed by atoms with Crippen LogP contribution in [0.1, 0.15) is 33.1 Å². The van der Waals surface area contributed by atoms with Crippen molar-refractivity contribution in [2.45, 2.75) is 33.1 Å². The van der Waals surface area contributed by atoms with Crippen LogP contribution in [-0.4, -0.2) is 58.9 Å². The minimum absolute atomic E-state index is 0.0370. The van der Waals surface area contributed by atoms with Gasteiger partial charge in [-0.15, -0.1) is 0 Å². The van der Waals surface area contributed by atoms with Gasteiger partial charge in [0.25, 0.3) is 0 Å². The summed E-state index contributed by atoms with van der Waals surface area (Å²) in [6.07, 6.45) is 0.438. The first kappa shape index (κ1) is 15.5. The molecule has 1 heterocycles. The van der Waals surface area contributed by atoms with Crippen molar-refractivity contribution in [3.8, 4) is 0 Å². The number of hydrogen-bond donors (Lipinski definition) is 1. The second-order valence-corrected chi connectivity index (χ2v) is 5.25. The number of aliphatic carboxylic acids is 1. The molecule has 19 heavy (non-hydrogen) atoms. The van der Waals surface area contributed by atoms with E-state index in [0.717, 1.165) is 0 Å². The maximum Gasteiger partial charge on any atom is 0.303 e. The van der Waals surface area contributed by atoms with E-state index in [4.69, 9.17) is 5.11 Å². The molecule has 1 fully saturated rings. The van der Waals surface area contributed by atoms with Gasteiger partial charge in [-0.05, 0) is 5.92 Å². The molecule has 1 N–H and O–H groups in total. The van der Waals surface area contributed by atoms with Crippen LogP contribution in [0.25, 0.3) is 0 Å². The van der Waals surface area contributed by atoms with E-state index in [2.05, 4.69) is 0 Å². The normalized spacial score (nSPS) is 15.7. The van der Waals surface area contributed by atoms with Crippen LogP contribution < -0.4 is 0 Å². The maximum absolute atomic E-state index is 11.8. The molecular formula is C13H22N2O4. The van der Waals surface area contributed by atoms with Gasteiger partial charge in [-0.3, -0.25) is 14.4 Å². The molecule has 1 aliphatic heterocycles. The fraction of sp³-hybridized carbons (Fsp3) is 0.769. The van der Waals surface area contributed by atoms with Crippen LogP contribution in [0.15, 0.2) is 0 Å². The van der Waals surface area contributed by atoms with E-state index < -0.39 is 5.97 Å². The number of nitrogens with zero attached hydrogens (tertiary/aromatic N) is 2. The van der Waals surface area contributed by atoms with Crippen LogP contribution in [0.2, 0.25) is 0 Å². The summed E-state index contributed by atoms with van der Waals surface area (Å²) in [5, 5.41) is 8.54. The zero-order chi connectivity index (χ0) is 14.4. The van der Waals surface area contributed by atoms with Crippen molar-refractivity contribution in [3.63, 3.8) is 0 Å². The predicted molar refractivity (Wildman–Crippen MR) is 69.5 cm³/mol. The Bertz CT molecular complexity index is 347. The van der Waals surface area contributed by atoms with E-state index in [1.807, 2.05) is 13.8 Å². The molecule has 1 aliphatic rings. The summed E-state index contributed by atoms with van der Waals surface area (Å²) in [6.45, 7) is 6.10. The predicted octanol–water partition coefficient (Wildman–Crippen LogP) is 0.568. The molecule has 0 aromatic rings. The molecule has 0 bridgehead atoms. The van der Waals surface area contributed by atoms with E-state index in [-0.39, 0.29) is 24.7 Å². The molecule has 1 rings (SSSR count). The topological polar surface area (TPSA) is 77.9 Å². The average molecular weight is 270 g/mol. The average Bonchev–Trinajstić information content (AvgIpc) is 2.35. The molecule has 0 atom stereocenters. The molecule has 1 saturated heterocycles. The molecule has 0 spiro atoms. The van der Waals surface area contributed by atoms with Gasteiger partial charge in [-0.25, -0.2) is 0 Å².